The first kappa shape index (κ1) is 21.0. The van der Waals surface area contributed by atoms with Crippen LogP contribution in [0.25, 0.3) is 11.5 Å². The van der Waals surface area contributed by atoms with Crippen LogP contribution < -0.4 is 10.2 Å². The first-order chi connectivity index (χ1) is 15.1. The highest BCUT2D eigenvalue weighted by molar-refractivity contribution is 7.13. The lowest BCUT2D eigenvalue weighted by Crippen LogP contribution is -2.38. The number of aromatic nitrogens is 3. The van der Waals surface area contributed by atoms with Gasteiger partial charge in [0.25, 0.3) is 0 Å². The number of hydrogen-bond acceptors (Lipinski definition) is 9. The Balaban J connectivity index is 1.27. The Bertz CT molecular complexity index is 1010. The van der Waals surface area contributed by atoms with Gasteiger partial charge in [-0.1, -0.05) is 0 Å². The van der Waals surface area contributed by atoms with Crippen LogP contribution in [0.3, 0.4) is 0 Å². The van der Waals surface area contributed by atoms with Crippen molar-refractivity contribution in [3.63, 3.8) is 0 Å². The number of carbonyl (C=O) groups is 2. The number of piperidine rings is 1. The molecule has 9 nitrogen and oxygen atoms in total. The molecule has 0 spiro atoms. The van der Waals surface area contributed by atoms with Gasteiger partial charge in [0, 0.05) is 24.4 Å². The summed E-state index contributed by atoms with van der Waals surface area (Å²) in [6, 6.07) is 7.46. The van der Waals surface area contributed by atoms with E-state index in [9.17, 15) is 9.59 Å². The third kappa shape index (κ3) is 5.26. The highest BCUT2D eigenvalue weighted by atomic mass is 32.1. The first-order valence-corrected chi connectivity index (χ1v) is 11.0. The second-order valence-electron chi connectivity index (χ2n) is 7.13. The number of esters is 1. The predicted molar refractivity (Wildman–Crippen MR) is 116 cm³/mol. The van der Waals surface area contributed by atoms with Crippen LogP contribution in [-0.2, 0) is 20.7 Å². The number of furan rings is 1. The average Bonchev–Trinajstić information content (AvgIpc) is 3.47. The van der Waals surface area contributed by atoms with Gasteiger partial charge in [-0.3, -0.25) is 9.59 Å². The molecule has 4 heterocycles. The van der Waals surface area contributed by atoms with Crippen molar-refractivity contribution in [2.24, 2.45) is 5.92 Å². The van der Waals surface area contributed by atoms with Gasteiger partial charge in [-0.25, -0.2) is 4.98 Å². The van der Waals surface area contributed by atoms with Gasteiger partial charge >= 0.3 is 5.97 Å². The topological polar surface area (TPSA) is 110 Å². The van der Waals surface area contributed by atoms with E-state index in [1.54, 1.807) is 18.6 Å². The summed E-state index contributed by atoms with van der Waals surface area (Å²) in [5.41, 5.74) is 1.29. The second-order valence-corrected chi connectivity index (χ2v) is 7.99. The number of ether oxygens (including phenoxy) is 1. The molecule has 10 heteroatoms. The minimum Gasteiger partial charge on any atom is -0.466 e. The van der Waals surface area contributed by atoms with Gasteiger partial charge in [0.15, 0.2) is 16.7 Å². The van der Waals surface area contributed by atoms with Gasteiger partial charge in [-0.05, 0) is 44.0 Å². The van der Waals surface area contributed by atoms with Crippen LogP contribution in [0.5, 0.6) is 0 Å². The molecule has 0 aliphatic carbocycles. The maximum absolute atomic E-state index is 12.6. The van der Waals surface area contributed by atoms with Crippen LogP contribution in [0.2, 0.25) is 0 Å². The van der Waals surface area contributed by atoms with Crippen molar-refractivity contribution in [2.75, 3.05) is 29.9 Å². The molecule has 3 aromatic heterocycles. The summed E-state index contributed by atoms with van der Waals surface area (Å²) in [4.78, 5) is 30.6. The van der Waals surface area contributed by atoms with Crippen molar-refractivity contribution in [2.45, 2.75) is 26.2 Å². The molecule has 31 heavy (non-hydrogen) atoms. The first-order valence-electron chi connectivity index (χ1n) is 10.2. The third-order valence-corrected chi connectivity index (χ3v) is 5.83. The van der Waals surface area contributed by atoms with Crippen molar-refractivity contribution < 1.29 is 18.7 Å². The molecule has 0 aromatic carbocycles. The van der Waals surface area contributed by atoms with E-state index in [0.717, 1.165) is 18.9 Å². The molecule has 0 unspecified atom stereocenters. The number of hydrogen-bond donors (Lipinski definition) is 1. The summed E-state index contributed by atoms with van der Waals surface area (Å²) in [6.45, 7) is 3.54. The fraction of sp³-hybridized carbons (Fsp3) is 0.381. The molecule has 0 radical (unpaired) electrons. The zero-order valence-corrected chi connectivity index (χ0v) is 17.9. The van der Waals surface area contributed by atoms with Gasteiger partial charge in [0.1, 0.15) is 5.69 Å². The summed E-state index contributed by atoms with van der Waals surface area (Å²) in [5.74, 6) is 1.01. The Kier molecular flexibility index (Phi) is 6.56. The summed E-state index contributed by atoms with van der Waals surface area (Å²) >= 11 is 1.31. The SMILES string of the molecule is CCOC(=O)Cc1csc(NC(=O)C2CCN(c3ccc(-c4ccco4)nn3)CC2)n1. The molecule has 1 fully saturated rings. The molecular weight excluding hydrogens is 418 g/mol. The van der Waals surface area contributed by atoms with E-state index in [-0.39, 0.29) is 24.2 Å². The van der Waals surface area contributed by atoms with Crippen LogP contribution in [0.15, 0.2) is 40.3 Å². The van der Waals surface area contributed by atoms with Crippen LogP contribution in [0, 0.1) is 5.92 Å². The normalized spacial score (nSPS) is 14.4. The Morgan fingerprint density at radius 3 is 2.77 bits per heavy atom. The summed E-state index contributed by atoms with van der Waals surface area (Å²) < 4.78 is 10.3. The molecule has 1 saturated heterocycles. The minimum atomic E-state index is -0.321. The van der Waals surface area contributed by atoms with Crippen molar-refractivity contribution in [3.05, 3.63) is 41.6 Å². The van der Waals surface area contributed by atoms with Crippen LogP contribution in [0.1, 0.15) is 25.5 Å². The van der Waals surface area contributed by atoms with Gasteiger partial charge in [-0.15, -0.1) is 21.5 Å². The number of anilines is 2. The van der Waals surface area contributed by atoms with E-state index in [0.29, 0.717) is 41.7 Å². The Labute approximate surface area is 183 Å². The van der Waals surface area contributed by atoms with E-state index in [1.165, 1.54) is 11.3 Å². The molecule has 0 bridgehead atoms. The fourth-order valence-corrected chi connectivity index (χ4v) is 4.15. The molecule has 1 aliphatic heterocycles. The van der Waals surface area contributed by atoms with Crippen LogP contribution in [-0.4, -0.2) is 46.8 Å². The number of carbonyl (C=O) groups excluding carboxylic acids is 2. The van der Waals surface area contributed by atoms with Crippen LogP contribution in [0.4, 0.5) is 10.9 Å². The molecule has 1 amide bonds. The maximum atomic E-state index is 12.6. The number of rotatable bonds is 7. The summed E-state index contributed by atoms with van der Waals surface area (Å²) in [5, 5.41) is 13.7. The molecule has 0 atom stereocenters. The van der Waals surface area contributed by atoms with Crippen molar-refractivity contribution in [3.8, 4) is 11.5 Å². The Morgan fingerprint density at radius 1 is 1.26 bits per heavy atom. The largest absolute Gasteiger partial charge is 0.466 e. The van der Waals surface area contributed by atoms with E-state index in [1.807, 2.05) is 24.3 Å². The molecule has 4 rings (SSSR count). The average molecular weight is 442 g/mol. The summed E-state index contributed by atoms with van der Waals surface area (Å²) in [7, 11) is 0. The lowest BCUT2D eigenvalue weighted by molar-refractivity contribution is -0.142. The maximum Gasteiger partial charge on any atom is 0.311 e. The van der Waals surface area contributed by atoms with E-state index in [2.05, 4.69) is 25.4 Å². The van der Waals surface area contributed by atoms with Crippen molar-refractivity contribution in [1.29, 1.82) is 0 Å². The van der Waals surface area contributed by atoms with E-state index >= 15 is 0 Å². The quantitative estimate of drug-likeness (QED) is 0.557. The monoisotopic (exact) mass is 441 g/mol. The summed E-state index contributed by atoms with van der Waals surface area (Å²) in [6.07, 6.45) is 3.15. The molecule has 1 N–H and O–H groups in total. The molecule has 1 aliphatic rings. The molecule has 3 aromatic rings. The number of amides is 1. The van der Waals surface area contributed by atoms with E-state index < -0.39 is 0 Å². The van der Waals surface area contributed by atoms with Gasteiger partial charge < -0.3 is 19.4 Å². The van der Waals surface area contributed by atoms with Gasteiger partial charge in [-0.2, -0.15) is 0 Å². The zero-order valence-electron chi connectivity index (χ0n) is 17.1. The fourth-order valence-electron chi connectivity index (χ4n) is 3.43. The van der Waals surface area contributed by atoms with Gasteiger partial charge in [0.05, 0.1) is 25.0 Å². The predicted octanol–water partition coefficient (Wildman–Crippen LogP) is 3.15. The molecule has 0 saturated carbocycles. The lowest BCUT2D eigenvalue weighted by Gasteiger charge is -2.31. The highest BCUT2D eigenvalue weighted by Crippen LogP contribution is 2.25. The van der Waals surface area contributed by atoms with Crippen molar-refractivity contribution in [1.82, 2.24) is 15.2 Å². The Hall–Kier alpha value is -3.27. The number of nitrogens with zero attached hydrogens (tertiary/aromatic N) is 4. The molecular formula is C21H23N5O4S. The second kappa shape index (κ2) is 9.69. The highest BCUT2D eigenvalue weighted by Gasteiger charge is 2.26. The minimum absolute atomic E-state index is 0.0454. The Morgan fingerprint density at radius 2 is 2.10 bits per heavy atom. The smallest absolute Gasteiger partial charge is 0.311 e. The number of thiazole rings is 1. The lowest BCUT2D eigenvalue weighted by atomic mass is 9.96. The molecule has 162 valence electrons. The van der Waals surface area contributed by atoms with Crippen LogP contribution >= 0.6 is 11.3 Å². The van der Waals surface area contributed by atoms with Gasteiger partial charge in [0.2, 0.25) is 5.91 Å². The van der Waals surface area contributed by atoms with Crippen molar-refractivity contribution >= 4 is 34.2 Å². The standard InChI is InChI=1S/C21H23N5O4S/c1-2-29-19(27)12-15-13-31-21(22-15)23-20(28)14-7-9-26(10-8-14)18-6-5-16(24-25-18)17-4-3-11-30-17/h3-6,11,13-14H,2,7-10,12H2,1H3,(H,22,23,28). The number of nitrogens with one attached hydrogen (secondary N) is 1. The third-order valence-electron chi connectivity index (χ3n) is 5.03. The van der Waals surface area contributed by atoms with E-state index in [4.69, 9.17) is 9.15 Å². The zero-order chi connectivity index (χ0) is 21.6.